The summed E-state index contributed by atoms with van der Waals surface area (Å²) in [6, 6.07) is 1.57. The highest BCUT2D eigenvalue weighted by atomic mass is 16.6. The minimum Gasteiger partial charge on any atom is -0.478 e. The van der Waals surface area contributed by atoms with Crippen molar-refractivity contribution in [2.24, 2.45) is 0 Å². The number of esters is 1. The Bertz CT molecular complexity index is 302. The summed E-state index contributed by atoms with van der Waals surface area (Å²) in [5, 5.41) is 17.1. The van der Waals surface area contributed by atoms with Crippen molar-refractivity contribution in [2.45, 2.75) is 19.4 Å². The van der Waals surface area contributed by atoms with Gasteiger partial charge in [-0.3, -0.25) is 4.79 Å². The number of aliphatic carboxylic acids is 1. The molecule has 0 spiro atoms. The summed E-state index contributed by atoms with van der Waals surface area (Å²) in [5.74, 6) is -2.10. The molecular weight excluding hydrogens is 174 g/mol. The van der Waals surface area contributed by atoms with Crippen LogP contribution in [0.5, 0.6) is 0 Å². The van der Waals surface area contributed by atoms with E-state index in [0.29, 0.717) is 0 Å². The predicted octanol–water partition coefficient (Wildman–Crippen LogP) is 0.473. The first-order chi connectivity index (χ1) is 5.83. The van der Waals surface area contributed by atoms with Crippen LogP contribution in [-0.2, 0) is 14.3 Å². The van der Waals surface area contributed by atoms with Gasteiger partial charge >= 0.3 is 11.9 Å². The van der Waals surface area contributed by atoms with Gasteiger partial charge in [-0.25, -0.2) is 4.79 Å². The molecule has 0 aromatic heterocycles. The van der Waals surface area contributed by atoms with Gasteiger partial charge in [0.1, 0.15) is 6.07 Å². The third kappa shape index (κ3) is 2.60. The van der Waals surface area contributed by atoms with Gasteiger partial charge in [0.15, 0.2) is 0 Å². The third-order valence-electron chi connectivity index (χ3n) is 1.40. The Labute approximate surface area is 75.2 Å². The molecule has 70 valence electrons. The standard InChI is InChI=1S/C8H9NO4/c1-5(7(11)12)8(3,4-9)13-6(2)10/h1H2,2-3H3,(H,11,12). The quantitative estimate of drug-likeness (QED) is 0.507. The maximum atomic E-state index is 10.5. The summed E-state index contributed by atoms with van der Waals surface area (Å²) in [6.45, 7) is 5.41. The summed E-state index contributed by atoms with van der Waals surface area (Å²) < 4.78 is 4.53. The van der Waals surface area contributed by atoms with Crippen LogP contribution in [0.25, 0.3) is 0 Å². The highest BCUT2D eigenvalue weighted by Crippen LogP contribution is 2.19. The molecule has 0 saturated heterocycles. The monoisotopic (exact) mass is 183 g/mol. The second-order valence-corrected chi connectivity index (χ2v) is 2.52. The van der Waals surface area contributed by atoms with E-state index in [1.54, 1.807) is 6.07 Å². The van der Waals surface area contributed by atoms with E-state index < -0.39 is 23.1 Å². The second kappa shape index (κ2) is 3.72. The Morgan fingerprint density at radius 3 is 2.31 bits per heavy atom. The van der Waals surface area contributed by atoms with E-state index >= 15 is 0 Å². The molecule has 0 aliphatic carbocycles. The Hall–Kier alpha value is -1.83. The smallest absolute Gasteiger partial charge is 0.336 e. The molecule has 0 amide bonds. The summed E-state index contributed by atoms with van der Waals surface area (Å²) in [6.07, 6.45) is 0. The number of nitrogens with zero attached hydrogens (tertiary/aromatic N) is 1. The topological polar surface area (TPSA) is 87.4 Å². The van der Waals surface area contributed by atoms with E-state index in [1.807, 2.05) is 0 Å². The van der Waals surface area contributed by atoms with E-state index in [9.17, 15) is 9.59 Å². The average Bonchev–Trinajstić information content (AvgIpc) is 2.01. The summed E-state index contributed by atoms with van der Waals surface area (Å²) in [7, 11) is 0. The van der Waals surface area contributed by atoms with Crippen LogP contribution in [0.1, 0.15) is 13.8 Å². The van der Waals surface area contributed by atoms with Crippen LogP contribution in [0.4, 0.5) is 0 Å². The Kier molecular flexibility index (Phi) is 3.19. The highest BCUT2D eigenvalue weighted by Gasteiger charge is 2.35. The molecule has 1 atom stereocenters. The van der Waals surface area contributed by atoms with E-state index in [4.69, 9.17) is 10.4 Å². The average molecular weight is 183 g/mol. The van der Waals surface area contributed by atoms with Crippen molar-refractivity contribution in [3.63, 3.8) is 0 Å². The molecule has 1 N–H and O–H groups in total. The maximum Gasteiger partial charge on any atom is 0.336 e. The summed E-state index contributed by atoms with van der Waals surface area (Å²) in [4.78, 5) is 21.0. The molecule has 0 aliphatic heterocycles. The van der Waals surface area contributed by atoms with Crippen LogP contribution in [0.2, 0.25) is 0 Å². The van der Waals surface area contributed by atoms with Gasteiger partial charge < -0.3 is 9.84 Å². The Morgan fingerprint density at radius 1 is 1.62 bits per heavy atom. The van der Waals surface area contributed by atoms with Crippen LogP contribution >= 0.6 is 0 Å². The zero-order valence-electron chi connectivity index (χ0n) is 7.33. The maximum absolute atomic E-state index is 10.5. The number of nitriles is 1. The van der Waals surface area contributed by atoms with Gasteiger partial charge in [0, 0.05) is 6.92 Å². The minimum absolute atomic E-state index is 0.467. The number of carbonyl (C=O) groups is 2. The molecular formula is C8H9NO4. The molecule has 13 heavy (non-hydrogen) atoms. The van der Waals surface area contributed by atoms with E-state index in [-0.39, 0.29) is 0 Å². The molecule has 0 fully saturated rings. The molecule has 0 bridgehead atoms. The largest absolute Gasteiger partial charge is 0.478 e. The minimum atomic E-state index is -1.79. The van der Waals surface area contributed by atoms with E-state index in [0.717, 1.165) is 6.92 Å². The molecule has 5 heteroatoms. The van der Waals surface area contributed by atoms with Crippen molar-refractivity contribution in [3.8, 4) is 6.07 Å². The number of ether oxygens (including phenoxy) is 1. The zero-order chi connectivity index (χ0) is 10.6. The van der Waals surface area contributed by atoms with Gasteiger partial charge in [-0.2, -0.15) is 5.26 Å². The van der Waals surface area contributed by atoms with Crippen molar-refractivity contribution in [1.29, 1.82) is 5.26 Å². The Morgan fingerprint density at radius 2 is 2.08 bits per heavy atom. The van der Waals surface area contributed by atoms with Gasteiger partial charge in [0.05, 0.1) is 5.57 Å². The second-order valence-electron chi connectivity index (χ2n) is 2.52. The molecule has 0 radical (unpaired) electrons. The lowest BCUT2D eigenvalue weighted by atomic mass is 9.99. The van der Waals surface area contributed by atoms with Crippen molar-refractivity contribution < 1.29 is 19.4 Å². The number of rotatable bonds is 3. The molecule has 0 aromatic carbocycles. The van der Waals surface area contributed by atoms with E-state index in [1.165, 1.54) is 6.92 Å². The van der Waals surface area contributed by atoms with Gasteiger partial charge in [-0.15, -0.1) is 0 Å². The van der Waals surface area contributed by atoms with E-state index in [2.05, 4.69) is 11.3 Å². The number of carboxylic acids is 1. The first kappa shape index (κ1) is 11.2. The van der Waals surface area contributed by atoms with Crippen molar-refractivity contribution in [1.82, 2.24) is 0 Å². The van der Waals surface area contributed by atoms with Gasteiger partial charge in [0.25, 0.3) is 0 Å². The lowest BCUT2D eigenvalue weighted by molar-refractivity contribution is -0.149. The fourth-order valence-electron chi connectivity index (χ4n) is 0.643. The highest BCUT2D eigenvalue weighted by molar-refractivity contribution is 5.89. The molecule has 5 nitrogen and oxygen atoms in total. The normalized spacial score (nSPS) is 13.6. The van der Waals surface area contributed by atoms with Gasteiger partial charge in [-0.1, -0.05) is 6.58 Å². The fraction of sp³-hybridized carbons (Fsp3) is 0.375. The lowest BCUT2D eigenvalue weighted by Gasteiger charge is -2.20. The first-order valence-electron chi connectivity index (χ1n) is 3.37. The van der Waals surface area contributed by atoms with Crippen LogP contribution in [-0.4, -0.2) is 22.6 Å². The predicted molar refractivity (Wildman–Crippen MR) is 42.6 cm³/mol. The van der Waals surface area contributed by atoms with Crippen molar-refractivity contribution in [2.75, 3.05) is 0 Å². The molecule has 0 aliphatic rings. The zero-order valence-corrected chi connectivity index (χ0v) is 7.33. The number of hydrogen-bond acceptors (Lipinski definition) is 4. The van der Waals surface area contributed by atoms with Crippen LogP contribution < -0.4 is 0 Å². The van der Waals surface area contributed by atoms with Crippen molar-refractivity contribution >= 4 is 11.9 Å². The van der Waals surface area contributed by atoms with Gasteiger partial charge in [-0.05, 0) is 6.92 Å². The summed E-state index contributed by atoms with van der Waals surface area (Å²) >= 11 is 0. The van der Waals surface area contributed by atoms with Crippen LogP contribution in [0, 0.1) is 11.3 Å². The number of hydrogen-bond donors (Lipinski definition) is 1. The molecule has 0 heterocycles. The first-order valence-corrected chi connectivity index (χ1v) is 3.37. The van der Waals surface area contributed by atoms with Crippen LogP contribution in [0.15, 0.2) is 12.2 Å². The summed E-state index contributed by atoms with van der Waals surface area (Å²) in [5.41, 5.74) is -2.26. The SMILES string of the molecule is C=C(C(=O)O)C(C)(C#N)OC(C)=O. The lowest BCUT2D eigenvalue weighted by Crippen LogP contribution is -2.34. The van der Waals surface area contributed by atoms with Crippen LogP contribution in [0.3, 0.4) is 0 Å². The number of carboxylic acid groups (broad SMARTS) is 1. The molecule has 0 aromatic rings. The molecule has 1 unspecified atom stereocenters. The molecule has 0 rings (SSSR count). The van der Waals surface area contributed by atoms with Crippen molar-refractivity contribution in [3.05, 3.63) is 12.2 Å². The Balaban J connectivity index is 4.86. The number of carbonyl (C=O) groups excluding carboxylic acids is 1. The molecule has 0 saturated carbocycles. The third-order valence-corrected chi connectivity index (χ3v) is 1.40. The fourth-order valence-corrected chi connectivity index (χ4v) is 0.643. The van der Waals surface area contributed by atoms with Gasteiger partial charge in [0.2, 0.25) is 5.60 Å².